The second kappa shape index (κ2) is 9.41. The number of alkyl halides is 3. The number of nitrogens with one attached hydrogen (secondary N) is 1. The summed E-state index contributed by atoms with van der Waals surface area (Å²) in [5, 5.41) is 14.0. The first-order chi connectivity index (χ1) is 17.3. The highest BCUT2D eigenvalue weighted by molar-refractivity contribution is 5.76. The van der Waals surface area contributed by atoms with Gasteiger partial charge >= 0.3 is 6.18 Å². The van der Waals surface area contributed by atoms with Crippen molar-refractivity contribution in [2.75, 3.05) is 18.1 Å². The molecule has 0 aliphatic carbocycles. The van der Waals surface area contributed by atoms with Crippen LogP contribution >= 0.6 is 0 Å². The van der Waals surface area contributed by atoms with E-state index in [0.717, 1.165) is 31.4 Å². The zero-order chi connectivity index (χ0) is 25.4. The molecule has 0 radical (unpaired) electrons. The highest BCUT2D eigenvalue weighted by atomic mass is 19.4. The molecule has 12 heteroatoms. The predicted molar refractivity (Wildman–Crippen MR) is 128 cm³/mol. The summed E-state index contributed by atoms with van der Waals surface area (Å²) in [4.78, 5) is 27.6. The molecule has 2 N–H and O–H groups in total. The Bertz CT molecular complexity index is 1440. The molecule has 190 valence electrons. The van der Waals surface area contributed by atoms with E-state index in [1.54, 1.807) is 23.0 Å². The molecule has 1 aliphatic heterocycles. The Hall–Kier alpha value is -3.67. The number of anilines is 1. The van der Waals surface area contributed by atoms with Crippen molar-refractivity contribution in [1.82, 2.24) is 29.3 Å². The van der Waals surface area contributed by atoms with Crippen LogP contribution in [0.4, 0.5) is 19.1 Å². The topological polar surface area (TPSA) is 105 Å². The van der Waals surface area contributed by atoms with Gasteiger partial charge < -0.3 is 15.0 Å². The summed E-state index contributed by atoms with van der Waals surface area (Å²) in [5.74, 6) is 0.898. The lowest BCUT2D eigenvalue weighted by Crippen LogP contribution is -2.38. The minimum absolute atomic E-state index is 0.0170. The van der Waals surface area contributed by atoms with E-state index in [1.165, 1.54) is 10.7 Å². The largest absolute Gasteiger partial charge is 0.416 e. The van der Waals surface area contributed by atoms with Gasteiger partial charge in [-0.2, -0.15) is 23.3 Å². The lowest BCUT2D eigenvalue weighted by Gasteiger charge is -2.26. The molecule has 1 unspecified atom stereocenters. The Labute approximate surface area is 204 Å². The number of rotatable bonds is 7. The summed E-state index contributed by atoms with van der Waals surface area (Å²) in [7, 11) is 0. The maximum atomic E-state index is 13.3. The first-order valence-electron chi connectivity index (χ1n) is 11.9. The zero-order valence-corrected chi connectivity index (χ0v) is 19.7. The normalized spacial score (nSPS) is 16.4. The minimum atomic E-state index is -4.41. The van der Waals surface area contributed by atoms with Gasteiger partial charge in [-0.25, -0.2) is 4.98 Å². The average Bonchev–Trinajstić information content (AvgIpc) is 3.59. The lowest BCUT2D eigenvalue weighted by molar-refractivity contribution is -0.137. The molecule has 5 rings (SSSR count). The maximum absolute atomic E-state index is 13.3. The molecule has 3 aromatic heterocycles. The molecule has 4 heterocycles. The summed E-state index contributed by atoms with van der Waals surface area (Å²) < 4.78 is 42.2. The third-order valence-corrected chi connectivity index (χ3v) is 6.39. The van der Waals surface area contributed by atoms with Gasteiger partial charge in [0.15, 0.2) is 11.2 Å². The minimum Gasteiger partial charge on any atom is -0.394 e. The quantitative estimate of drug-likeness (QED) is 0.402. The molecular formula is C24H26F3N7O2. The van der Waals surface area contributed by atoms with Crippen LogP contribution in [0, 0.1) is 0 Å². The number of hydrogen-bond donors (Lipinski definition) is 2. The van der Waals surface area contributed by atoms with E-state index < -0.39 is 11.7 Å². The van der Waals surface area contributed by atoms with Crippen LogP contribution in [0.3, 0.4) is 0 Å². The van der Waals surface area contributed by atoms with Crippen LogP contribution in [0.25, 0.3) is 22.6 Å². The number of aromatic nitrogens is 6. The van der Waals surface area contributed by atoms with Crippen molar-refractivity contribution in [3.05, 3.63) is 58.1 Å². The van der Waals surface area contributed by atoms with Crippen LogP contribution in [-0.2, 0) is 19.3 Å². The number of aromatic amines is 1. The van der Waals surface area contributed by atoms with Gasteiger partial charge in [0, 0.05) is 19.3 Å². The van der Waals surface area contributed by atoms with Crippen molar-refractivity contribution in [3.63, 3.8) is 0 Å². The molecule has 36 heavy (non-hydrogen) atoms. The molecule has 1 atom stereocenters. The molecule has 1 saturated heterocycles. The van der Waals surface area contributed by atoms with E-state index in [9.17, 15) is 23.1 Å². The van der Waals surface area contributed by atoms with Gasteiger partial charge in [0.2, 0.25) is 5.95 Å². The van der Waals surface area contributed by atoms with Crippen LogP contribution in [0.1, 0.15) is 37.3 Å². The maximum Gasteiger partial charge on any atom is 0.416 e. The Morgan fingerprint density at radius 2 is 2.08 bits per heavy atom. The fraction of sp³-hybridized carbons (Fsp3) is 0.417. The number of benzene rings is 1. The highest BCUT2D eigenvalue weighted by Gasteiger charge is 2.31. The Kier molecular flexibility index (Phi) is 6.29. The summed E-state index contributed by atoms with van der Waals surface area (Å²) in [6.45, 7) is 3.29. The van der Waals surface area contributed by atoms with Crippen LogP contribution in [0.2, 0.25) is 0 Å². The molecular weight excluding hydrogens is 475 g/mol. The number of H-pyrrole nitrogens is 1. The molecule has 0 saturated carbocycles. The van der Waals surface area contributed by atoms with Crippen LogP contribution in [-0.4, -0.2) is 53.6 Å². The summed E-state index contributed by atoms with van der Waals surface area (Å²) in [6, 6.07) is 5.02. The van der Waals surface area contributed by atoms with Crippen LogP contribution < -0.4 is 10.5 Å². The molecule has 4 aromatic rings. The third kappa shape index (κ3) is 4.48. The summed E-state index contributed by atoms with van der Waals surface area (Å²) in [5.41, 5.74) is 0.630. The summed E-state index contributed by atoms with van der Waals surface area (Å²) in [6.07, 6.45) is 1.25. The van der Waals surface area contributed by atoms with Gasteiger partial charge in [0.25, 0.3) is 5.56 Å². The van der Waals surface area contributed by atoms with E-state index >= 15 is 0 Å². The second-order valence-corrected chi connectivity index (χ2v) is 8.95. The van der Waals surface area contributed by atoms with E-state index in [4.69, 9.17) is 0 Å². The fourth-order valence-electron chi connectivity index (χ4n) is 4.65. The van der Waals surface area contributed by atoms with E-state index in [0.29, 0.717) is 36.0 Å². The Balaban J connectivity index is 1.48. The third-order valence-electron chi connectivity index (χ3n) is 6.39. The molecule has 0 spiro atoms. The number of nitrogens with zero attached hydrogens (tertiary/aromatic N) is 6. The van der Waals surface area contributed by atoms with Gasteiger partial charge in [0.05, 0.1) is 36.5 Å². The van der Waals surface area contributed by atoms with Crippen molar-refractivity contribution in [2.24, 2.45) is 0 Å². The molecule has 0 bridgehead atoms. The van der Waals surface area contributed by atoms with Crippen molar-refractivity contribution in [2.45, 2.75) is 51.5 Å². The van der Waals surface area contributed by atoms with Crippen LogP contribution in [0.15, 0.2) is 41.5 Å². The van der Waals surface area contributed by atoms with Gasteiger partial charge in [-0.05, 0) is 37.0 Å². The number of halogens is 3. The first-order valence-corrected chi connectivity index (χ1v) is 11.9. The SMILES string of the molecule is CCCn1c(N2CCCC2CO)nc2nc(-c3cnn(Cc4cccc(C(F)(F)F)c4)c3)[nH]c2c1=O. The second-order valence-electron chi connectivity index (χ2n) is 8.95. The number of aliphatic hydroxyl groups excluding tert-OH is 1. The smallest absolute Gasteiger partial charge is 0.394 e. The fourth-order valence-corrected chi connectivity index (χ4v) is 4.65. The number of hydrogen-bond acceptors (Lipinski definition) is 6. The monoisotopic (exact) mass is 501 g/mol. The molecule has 1 fully saturated rings. The average molecular weight is 502 g/mol. The number of imidazole rings is 1. The van der Waals surface area contributed by atoms with E-state index in [2.05, 4.69) is 20.1 Å². The Morgan fingerprint density at radius 3 is 2.83 bits per heavy atom. The van der Waals surface area contributed by atoms with Gasteiger partial charge in [-0.3, -0.25) is 14.0 Å². The molecule has 1 aliphatic rings. The van der Waals surface area contributed by atoms with Gasteiger partial charge in [-0.15, -0.1) is 0 Å². The van der Waals surface area contributed by atoms with Crippen molar-refractivity contribution < 1.29 is 18.3 Å². The van der Waals surface area contributed by atoms with Crippen molar-refractivity contribution in [3.8, 4) is 11.4 Å². The first kappa shape index (κ1) is 24.0. The highest BCUT2D eigenvalue weighted by Crippen LogP contribution is 2.30. The number of fused-ring (bicyclic) bond motifs is 1. The van der Waals surface area contributed by atoms with E-state index in [1.807, 2.05) is 11.8 Å². The summed E-state index contributed by atoms with van der Waals surface area (Å²) >= 11 is 0. The molecule has 9 nitrogen and oxygen atoms in total. The van der Waals surface area contributed by atoms with E-state index in [-0.39, 0.29) is 35.9 Å². The zero-order valence-electron chi connectivity index (χ0n) is 19.7. The molecule has 1 aromatic carbocycles. The Morgan fingerprint density at radius 1 is 1.25 bits per heavy atom. The van der Waals surface area contributed by atoms with Gasteiger partial charge in [-0.1, -0.05) is 19.1 Å². The van der Waals surface area contributed by atoms with Crippen molar-refractivity contribution >= 4 is 17.1 Å². The van der Waals surface area contributed by atoms with Crippen molar-refractivity contribution in [1.29, 1.82) is 0 Å². The van der Waals surface area contributed by atoms with Gasteiger partial charge in [0.1, 0.15) is 5.82 Å². The molecule has 0 amide bonds. The predicted octanol–water partition coefficient (Wildman–Crippen LogP) is 3.42. The lowest BCUT2D eigenvalue weighted by atomic mass is 10.1. The number of aliphatic hydroxyl groups is 1. The van der Waals surface area contributed by atoms with Crippen LogP contribution in [0.5, 0.6) is 0 Å². The standard InChI is InChI=1S/C24H26F3N7O2/c1-2-8-34-22(36)19-21(31-23(34)33-9-4-7-18(33)14-35)30-20(29-19)16-11-28-32(13-16)12-15-5-3-6-17(10-15)24(25,26)27/h3,5-6,10-11,13,18,35H,2,4,7-9,12,14H2,1H3,(H,29,30).